The van der Waals surface area contributed by atoms with Gasteiger partial charge in [0, 0.05) is 12.1 Å². The van der Waals surface area contributed by atoms with E-state index in [1.165, 1.54) is 12.1 Å². The smallest absolute Gasteiger partial charge is 0.239 e. The standard InChI is InChI=1S/C17H20FN3O2/c1-12-10-16(20-23-12)19-17(22)11-21-9-3-2-4-15(21)13-5-7-14(18)8-6-13/h5-8,10,15H,2-4,9,11H2,1H3,(H,19,20,22). The van der Waals surface area contributed by atoms with Crippen LogP contribution in [0, 0.1) is 12.7 Å². The number of carbonyl (C=O) groups excluding carboxylic acids is 1. The minimum absolute atomic E-state index is 0.118. The van der Waals surface area contributed by atoms with Crippen molar-refractivity contribution in [2.75, 3.05) is 18.4 Å². The third kappa shape index (κ3) is 3.96. The molecule has 1 saturated heterocycles. The normalized spacial score (nSPS) is 18.8. The largest absolute Gasteiger partial charge is 0.360 e. The minimum atomic E-state index is -0.241. The highest BCUT2D eigenvalue weighted by Crippen LogP contribution is 2.30. The zero-order valence-electron chi connectivity index (χ0n) is 13.1. The number of hydrogen-bond donors (Lipinski definition) is 1. The summed E-state index contributed by atoms with van der Waals surface area (Å²) in [5.74, 6) is 0.730. The molecule has 1 N–H and O–H groups in total. The Morgan fingerprint density at radius 2 is 2.17 bits per heavy atom. The van der Waals surface area contributed by atoms with Crippen LogP contribution < -0.4 is 5.32 Å². The molecule has 1 aromatic heterocycles. The van der Waals surface area contributed by atoms with Crippen molar-refractivity contribution in [3.05, 3.63) is 47.5 Å². The second-order valence-corrected chi connectivity index (χ2v) is 5.90. The van der Waals surface area contributed by atoms with E-state index in [4.69, 9.17) is 4.52 Å². The summed E-state index contributed by atoms with van der Waals surface area (Å²) in [5, 5.41) is 6.51. The number of rotatable bonds is 4. The molecule has 2 heterocycles. The third-order valence-corrected chi connectivity index (χ3v) is 4.11. The Morgan fingerprint density at radius 3 is 2.87 bits per heavy atom. The van der Waals surface area contributed by atoms with Crippen molar-refractivity contribution in [2.24, 2.45) is 0 Å². The lowest BCUT2D eigenvalue weighted by Crippen LogP contribution is -2.39. The minimum Gasteiger partial charge on any atom is -0.360 e. The molecular weight excluding hydrogens is 297 g/mol. The topological polar surface area (TPSA) is 58.4 Å². The molecule has 0 spiro atoms. The zero-order chi connectivity index (χ0) is 16.2. The fraction of sp³-hybridized carbons (Fsp3) is 0.412. The van der Waals surface area contributed by atoms with Crippen LogP contribution in [0.25, 0.3) is 0 Å². The Bertz CT molecular complexity index is 669. The number of aromatic nitrogens is 1. The van der Waals surface area contributed by atoms with Gasteiger partial charge in [0.25, 0.3) is 0 Å². The van der Waals surface area contributed by atoms with Crippen molar-refractivity contribution in [1.29, 1.82) is 0 Å². The fourth-order valence-corrected chi connectivity index (χ4v) is 3.03. The van der Waals surface area contributed by atoms with Gasteiger partial charge in [-0.3, -0.25) is 9.69 Å². The number of carbonyl (C=O) groups is 1. The summed E-state index contributed by atoms with van der Waals surface area (Å²) in [7, 11) is 0. The van der Waals surface area contributed by atoms with Gasteiger partial charge in [0.2, 0.25) is 5.91 Å². The number of likely N-dealkylation sites (tertiary alicyclic amines) is 1. The molecule has 6 heteroatoms. The number of anilines is 1. The van der Waals surface area contributed by atoms with Gasteiger partial charge < -0.3 is 9.84 Å². The number of piperidine rings is 1. The number of benzene rings is 1. The highest BCUT2D eigenvalue weighted by Gasteiger charge is 2.25. The maximum atomic E-state index is 13.1. The van der Waals surface area contributed by atoms with Crippen LogP contribution in [0.15, 0.2) is 34.9 Å². The molecule has 5 nitrogen and oxygen atoms in total. The van der Waals surface area contributed by atoms with Crippen LogP contribution in [0.1, 0.15) is 36.6 Å². The number of nitrogens with one attached hydrogen (secondary N) is 1. The molecule has 0 saturated carbocycles. The zero-order valence-corrected chi connectivity index (χ0v) is 13.1. The molecule has 1 aliphatic rings. The van der Waals surface area contributed by atoms with Crippen LogP contribution in [0.2, 0.25) is 0 Å². The molecule has 1 aliphatic heterocycles. The lowest BCUT2D eigenvalue weighted by atomic mass is 9.95. The van der Waals surface area contributed by atoms with Gasteiger partial charge in [-0.25, -0.2) is 4.39 Å². The van der Waals surface area contributed by atoms with Crippen LogP contribution in [0.3, 0.4) is 0 Å². The van der Waals surface area contributed by atoms with E-state index in [1.54, 1.807) is 25.1 Å². The Morgan fingerprint density at radius 1 is 1.39 bits per heavy atom. The Labute approximate surface area is 134 Å². The second kappa shape index (κ2) is 6.91. The van der Waals surface area contributed by atoms with E-state index in [0.717, 1.165) is 31.4 Å². The molecule has 23 heavy (non-hydrogen) atoms. The molecule has 1 amide bonds. The average molecular weight is 317 g/mol. The van der Waals surface area contributed by atoms with E-state index < -0.39 is 0 Å². The van der Waals surface area contributed by atoms with Crippen LogP contribution >= 0.6 is 0 Å². The van der Waals surface area contributed by atoms with E-state index in [2.05, 4.69) is 15.4 Å². The molecule has 1 fully saturated rings. The van der Waals surface area contributed by atoms with Crippen molar-refractivity contribution >= 4 is 11.7 Å². The summed E-state index contributed by atoms with van der Waals surface area (Å²) in [6.07, 6.45) is 3.15. The van der Waals surface area contributed by atoms with Crippen molar-refractivity contribution in [1.82, 2.24) is 10.1 Å². The van der Waals surface area contributed by atoms with E-state index in [-0.39, 0.29) is 24.3 Å². The van der Waals surface area contributed by atoms with Crippen molar-refractivity contribution in [3.63, 3.8) is 0 Å². The molecule has 1 atom stereocenters. The first-order valence-corrected chi connectivity index (χ1v) is 7.84. The monoisotopic (exact) mass is 317 g/mol. The summed E-state index contributed by atoms with van der Waals surface area (Å²) < 4.78 is 18.1. The van der Waals surface area contributed by atoms with E-state index in [1.807, 2.05) is 0 Å². The van der Waals surface area contributed by atoms with Crippen LogP contribution in [0.5, 0.6) is 0 Å². The van der Waals surface area contributed by atoms with Crippen LogP contribution in [-0.2, 0) is 4.79 Å². The van der Waals surface area contributed by atoms with Crippen molar-refractivity contribution < 1.29 is 13.7 Å². The molecule has 0 bridgehead atoms. The number of halogens is 1. The predicted molar refractivity (Wildman–Crippen MR) is 84.4 cm³/mol. The second-order valence-electron chi connectivity index (χ2n) is 5.90. The third-order valence-electron chi connectivity index (χ3n) is 4.11. The van der Waals surface area contributed by atoms with Gasteiger partial charge in [0.15, 0.2) is 5.82 Å². The highest BCUT2D eigenvalue weighted by molar-refractivity contribution is 5.91. The molecule has 122 valence electrons. The molecule has 3 rings (SSSR count). The van der Waals surface area contributed by atoms with Gasteiger partial charge in [-0.05, 0) is 44.0 Å². The van der Waals surface area contributed by atoms with E-state index in [0.29, 0.717) is 11.6 Å². The highest BCUT2D eigenvalue weighted by atomic mass is 19.1. The van der Waals surface area contributed by atoms with Gasteiger partial charge in [0.1, 0.15) is 11.6 Å². The predicted octanol–water partition coefficient (Wildman–Crippen LogP) is 3.29. The van der Waals surface area contributed by atoms with Crippen LogP contribution in [-0.4, -0.2) is 29.1 Å². The SMILES string of the molecule is Cc1cc(NC(=O)CN2CCCCC2c2ccc(F)cc2)no1. The van der Waals surface area contributed by atoms with Gasteiger partial charge in [-0.2, -0.15) is 0 Å². The van der Waals surface area contributed by atoms with Gasteiger partial charge in [-0.1, -0.05) is 23.7 Å². The average Bonchev–Trinajstić information content (AvgIpc) is 2.94. The van der Waals surface area contributed by atoms with Crippen molar-refractivity contribution in [3.8, 4) is 0 Å². The summed E-state index contributed by atoms with van der Waals surface area (Å²) in [4.78, 5) is 14.4. The summed E-state index contributed by atoms with van der Waals surface area (Å²) in [5.41, 5.74) is 1.05. The Kier molecular flexibility index (Phi) is 4.71. The summed E-state index contributed by atoms with van der Waals surface area (Å²) in [6, 6.07) is 8.38. The first kappa shape index (κ1) is 15.7. The Balaban J connectivity index is 1.66. The first-order valence-electron chi connectivity index (χ1n) is 7.84. The number of aryl methyl sites for hydroxylation is 1. The molecule has 0 radical (unpaired) electrons. The van der Waals surface area contributed by atoms with Crippen molar-refractivity contribution in [2.45, 2.75) is 32.2 Å². The quantitative estimate of drug-likeness (QED) is 0.940. The van der Waals surface area contributed by atoms with Gasteiger partial charge in [-0.15, -0.1) is 0 Å². The number of amides is 1. The van der Waals surface area contributed by atoms with E-state index >= 15 is 0 Å². The summed E-state index contributed by atoms with van der Waals surface area (Å²) in [6.45, 7) is 2.92. The maximum absolute atomic E-state index is 13.1. The Hall–Kier alpha value is -2.21. The maximum Gasteiger partial charge on any atom is 0.239 e. The lowest BCUT2D eigenvalue weighted by molar-refractivity contribution is -0.118. The lowest BCUT2D eigenvalue weighted by Gasteiger charge is -2.35. The fourth-order valence-electron chi connectivity index (χ4n) is 3.03. The number of hydrogen-bond acceptors (Lipinski definition) is 4. The van der Waals surface area contributed by atoms with Crippen LogP contribution in [0.4, 0.5) is 10.2 Å². The summed E-state index contributed by atoms with van der Waals surface area (Å²) >= 11 is 0. The molecule has 1 aromatic carbocycles. The molecule has 2 aromatic rings. The van der Waals surface area contributed by atoms with Gasteiger partial charge >= 0.3 is 0 Å². The van der Waals surface area contributed by atoms with Gasteiger partial charge in [0.05, 0.1) is 6.54 Å². The first-order chi connectivity index (χ1) is 11.1. The molecule has 0 aliphatic carbocycles. The molecule has 1 unspecified atom stereocenters. The van der Waals surface area contributed by atoms with E-state index in [9.17, 15) is 9.18 Å². The molecular formula is C17H20FN3O2. The number of nitrogens with zero attached hydrogens (tertiary/aromatic N) is 2.